The molecule has 0 radical (unpaired) electrons. The first-order valence-corrected chi connectivity index (χ1v) is 10.9. The Morgan fingerprint density at radius 1 is 0.909 bits per heavy atom. The first-order valence-electron chi connectivity index (χ1n) is 10.9. The maximum absolute atomic E-state index is 13.2. The van der Waals surface area contributed by atoms with Gasteiger partial charge in [0.1, 0.15) is 5.69 Å². The second kappa shape index (κ2) is 8.71. The van der Waals surface area contributed by atoms with Crippen LogP contribution >= 0.6 is 0 Å². The maximum Gasteiger partial charge on any atom is 0.341 e. The zero-order valence-electron chi connectivity index (χ0n) is 18.5. The summed E-state index contributed by atoms with van der Waals surface area (Å²) in [5.41, 5.74) is 6.36. The second-order valence-corrected chi connectivity index (χ2v) is 7.83. The van der Waals surface area contributed by atoms with Crippen molar-refractivity contribution in [3.8, 4) is 11.5 Å². The fourth-order valence-corrected chi connectivity index (χ4v) is 3.91. The normalized spacial score (nSPS) is 11.5. The van der Waals surface area contributed by atoms with Crippen molar-refractivity contribution in [2.24, 2.45) is 0 Å². The number of nitrogens with one attached hydrogen (secondary N) is 1. The number of aromatic amines is 1. The molecule has 5 nitrogen and oxygen atoms in total. The molecule has 1 N–H and O–H groups in total. The topological polar surface area (TPSA) is 67.9 Å². The molecule has 0 unspecified atom stereocenters. The number of rotatable bonds is 5. The first-order chi connectivity index (χ1) is 16.1. The maximum atomic E-state index is 13.2. The van der Waals surface area contributed by atoms with Gasteiger partial charge in [-0.15, -0.1) is 0 Å². The number of H-pyrrole nitrogens is 1. The first kappa shape index (κ1) is 20.6. The lowest BCUT2D eigenvalue weighted by Crippen LogP contribution is -2.11. The highest BCUT2D eigenvalue weighted by molar-refractivity contribution is 6.07. The van der Waals surface area contributed by atoms with Crippen LogP contribution in [0.5, 0.6) is 0 Å². The number of aryl methyl sites for hydroxylation is 1. The molecule has 0 fully saturated rings. The minimum atomic E-state index is -0.422. The van der Waals surface area contributed by atoms with E-state index in [1.807, 2.05) is 60.7 Å². The summed E-state index contributed by atoms with van der Waals surface area (Å²) >= 11 is 0. The van der Waals surface area contributed by atoms with E-state index in [1.54, 1.807) is 6.92 Å². The minimum absolute atomic E-state index is 0.270. The Morgan fingerprint density at radius 2 is 1.64 bits per heavy atom. The highest BCUT2D eigenvalue weighted by Crippen LogP contribution is 2.32. The largest absolute Gasteiger partial charge is 0.462 e. The number of carbonyl (C=O) groups is 1. The van der Waals surface area contributed by atoms with E-state index in [-0.39, 0.29) is 6.61 Å². The van der Waals surface area contributed by atoms with Crippen molar-refractivity contribution in [2.45, 2.75) is 13.8 Å². The SMILES string of the molecule is CCOC(=O)c1c(-c2nc3ccccc3[nH]2)nc2ccccc2c1/C=C/c1ccc(C)cc1. The van der Waals surface area contributed by atoms with E-state index in [2.05, 4.69) is 36.2 Å². The fraction of sp³-hybridized carbons (Fsp3) is 0.107. The lowest BCUT2D eigenvalue weighted by molar-refractivity contribution is 0.0527. The van der Waals surface area contributed by atoms with Gasteiger partial charge in [0, 0.05) is 10.9 Å². The Balaban J connectivity index is 1.78. The summed E-state index contributed by atoms with van der Waals surface area (Å²) < 4.78 is 5.47. The van der Waals surface area contributed by atoms with E-state index in [1.165, 1.54) is 5.56 Å². The van der Waals surface area contributed by atoms with Crippen LogP contribution in [0.2, 0.25) is 0 Å². The number of para-hydroxylation sites is 3. The summed E-state index contributed by atoms with van der Waals surface area (Å²) in [6, 6.07) is 23.8. The van der Waals surface area contributed by atoms with Gasteiger partial charge in [0.15, 0.2) is 5.82 Å². The third-order valence-corrected chi connectivity index (χ3v) is 5.55. The van der Waals surface area contributed by atoms with Crippen LogP contribution in [0.25, 0.3) is 45.6 Å². The van der Waals surface area contributed by atoms with Gasteiger partial charge in [-0.2, -0.15) is 0 Å². The van der Waals surface area contributed by atoms with Gasteiger partial charge in [0.2, 0.25) is 0 Å². The molecular formula is C28H23N3O2. The van der Waals surface area contributed by atoms with Gasteiger partial charge in [0.05, 0.1) is 28.7 Å². The number of ether oxygens (including phenoxy) is 1. The van der Waals surface area contributed by atoms with E-state index in [0.717, 1.165) is 33.1 Å². The summed E-state index contributed by atoms with van der Waals surface area (Å²) in [5.74, 6) is 0.116. The minimum Gasteiger partial charge on any atom is -0.462 e. The van der Waals surface area contributed by atoms with Gasteiger partial charge >= 0.3 is 5.97 Å². The van der Waals surface area contributed by atoms with Crippen LogP contribution in [0, 0.1) is 6.92 Å². The van der Waals surface area contributed by atoms with Crippen molar-refractivity contribution in [3.05, 3.63) is 95.1 Å². The zero-order chi connectivity index (χ0) is 22.8. The number of nitrogens with zero attached hydrogens (tertiary/aromatic N) is 2. The number of aromatic nitrogens is 3. The van der Waals surface area contributed by atoms with Crippen molar-refractivity contribution in [2.75, 3.05) is 6.61 Å². The highest BCUT2D eigenvalue weighted by atomic mass is 16.5. The zero-order valence-corrected chi connectivity index (χ0v) is 18.5. The van der Waals surface area contributed by atoms with Gasteiger partial charge < -0.3 is 9.72 Å². The number of pyridine rings is 1. The lowest BCUT2D eigenvalue weighted by atomic mass is 9.98. The quantitative estimate of drug-likeness (QED) is 0.324. The van der Waals surface area contributed by atoms with Crippen LogP contribution in [-0.4, -0.2) is 27.5 Å². The number of hydrogen-bond acceptors (Lipinski definition) is 4. The number of imidazole rings is 1. The summed E-state index contributed by atoms with van der Waals surface area (Å²) in [7, 11) is 0. The summed E-state index contributed by atoms with van der Waals surface area (Å²) in [4.78, 5) is 26.1. The van der Waals surface area contributed by atoms with Crippen LogP contribution in [0.1, 0.15) is 34.0 Å². The smallest absolute Gasteiger partial charge is 0.341 e. The van der Waals surface area contributed by atoms with Gasteiger partial charge in [-0.05, 0) is 37.6 Å². The monoisotopic (exact) mass is 433 g/mol. The molecular weight excluding hydrogens is 410 g/mol. The van der Waals surface area contributed by atoms with E-state index in [0.29, 0.717) is 17.1 Å². The van der Waals surface area contributed by atoms with Crippen molar-refractivity contribution < 1.29 is 9.53 Å². The van der Waals surface area contributed by atoms with Crippen molar-refractivity contribution in [1.29, 1.82) is 0 Å². The average molecular weight is 434 g/mol. The molecule has 0 aliphatic heterocycles. The van der Waals surface area contributed by atoms with Crippen LogP contribution in [0.15, 0.2) is 72.8 Å². The lowest BCUT2D eigenvalue weighted by Gasteiger charge is -2.13. The molecule has 2 heterocycles. The van der Waals surface area contributed by atoms with Crippen LogP contribution in [0.3, 0.4) is 0 Å². The predicted octanol–water partition coefficient (Wildman–Crippen LogP) is 6.43. The highest BCUT2D eigenvalue weighted by Gasteiger charge is 2.24. The number of fused-ring (bicyclic) bond motifs is 2. The van der Waals surface area contributed by atoms with Crippen LogP contribution < -0.4 is 0 Å². The molecule has 0 bridgehead atoms. The van der Waals surface area contributed by atoms with Gasteiger partial charge in [-0.25, -0.2) is 14.8 Å². The molecule has 33 heavy (non-hydrogen) atoms. The van der Waals surface area contributed by atoms with Gasteiger partial charge in [0.25, 0.3) is 0 Å². The Morgan fingerprint density at radius 3 is 2.39 bits per heavy atom. The molecule has 162 valence electrons. The fourth-order valence-electron chi connectivity index (χ4n) is 3.91. The molecule has 2 aromatic heterocycles. The van der Waals surface area contributed by atoms with Gasteiger partial charge in [-0.1, -0.05) is 72.3 Å². The third kappa shape index (κ3) is 4.01. The Kier molecular flexibility index (Phi) is 5.45. The molecule has 0 spiro atoms. The Labute approximate surface area is 191 Å². The molecule has 0 saturated heterocycles. The second-order valence-electron chi connectivity index (χ2n) is 7.83. The van der Waals surface area contributed by atoms with E-state index in [9.17, 15) is 4.79 Å². The molecule has 0 aliphatic carbocycles. The van der Waals surface area contributed by atoms with E-state index < -0.39 is 5.97 Å². The number of esters is 1. The molecule has 5 heteroatoms. The molecule has 3 aromatic carbocycles. The molecule has 0 atom stereocenters. The van der Waals surface area contributed by atoms with E-state index >= 15 is 0 Å². The Bertz CT molecular complexity index is 1460. The van der Waals surface area contributed by atoms with Crippen LogP contribution in [-0.2, 0) is 4.74 Å². The molecule has 0 saturated carbocycles. The van der Waals surface area contributed by atoms with Crippen molar-refractivity contribution in [1.82, 2.24) is 15.0 Å². The van der Waals surface area contributed by atoms with E-state index in [4.69, 9.17) is 14.7 Å². The van der Waals surface area contributed by atoms with Crippen molar-refractivity contribution >= 4 is 40.1 Å². The summed E-state index contributed by atoms with van der Waals surface area (Å²) in [5, 5.41) is 0.878. The summed E-state index contributed by atoms with van der Waals surface area (Å²) in [6.07, 6.45) is 3.97. The molecule has 5 aromatic rings. The molecule has 0 amide bonds. The molecule has 0 aliphatic rings. The van der Waals surface area contributed by atoms with Crippen LogP contribution in [0.4, 0.5) is 0 Å². The third-order valence-electron chi connectivity index (χ3n) is 5.55. The standard InChI is InChI=1S/C28H23N3O2/c1-3-33-28(32)25-21(17-16-19-14-12-18(2)13-15-19)20-8-4-5-9-22(20)29-26(25)27-30-23-10-6-7-11-24(23)31-27/h4-17H,3H2,1-2H3,(H,30,31)/b17-16+. The number of hydrogen-bond donors (Lipinski definition) is 1. The predicted molar refractivity (Wildman–Crippen MR) is 133 cm³/mol. The number of carbonyl (C=O) groups excluding carboxylic acids is 1. The Hall–Kier alpha value is -4.25. The van der Waals surface area contributed by atoms with Crippen molar-refractivity contribution in [3.63, 3.8) is 0 Å². The number of benzene rings is 3. The van der Waals surface area contributed by atoms with Gasteiger partial charge in [-0.3, -0.25) is 0 Å². The molecule has 5 rings (SSSR count). The average Bonchev–Trinajstić information content (AvgIpc) is 3.27. The summed E-state index contributed by atoms with van der Waals surface area (Å²) in [6.45, 7) is 4.13.